The van der Waals surface area contributed by atoms with Gasteiger partial charge in [-0.15, -0.1) is 0 Å². The predicted octanol–water partition coefficient (Wildman–Crippen LogP) is 3.35. The molecule has 4 nitrogen and oxygen atoms in total. The number of piperidine rings is 2. The fourth-order valence-corrected chi connectivity index (χ4v) is 4.37. The molecule has 0 aromatic heterocycles. The third kappa shape index (κ3) is 4.97. The van der Waals surface area contributed by atoms with Crippen LogP contribution >= 0.6 is 0 Å². The van der Waals surface area contributed by atoms with Gasteiger partial charge in [0, 0.05) is 32.6 Å². The zero-order chi connectivity index (χ0) is 17.6. The molecule has 0 saturated carbocycles. The summed E-state index contributed by atoms with van der Waals surface area (Å²) in [5.41, 5.74) is 1.41. The molecule has 3 rings (SSSR count). The SMILES string of the molecule is COc1ccc(CCC2CCCN(C3CCN(C(C)=O)CC3)C2)cc1. The molecule has 1 unspecified atom stereocenters. The van der Waals surface area contributed by atoms with Crippen LogP contribution in [0.15, 0.2) is 24.3 Å². The summed E-state index contributed by atoms with van der Waals surface area (Å²) in [6.45, 7) is 6.04. The molecule has 2 aliphatic rings. The number of amides is 1. The predicted molar refractivity (Wildman–Crippen MR) is 101 cm³/mol. The monoisotopic (exact) mass is 344 g/mol. The van der Waals surface area contributed by atoms with Gasteiger partial charge in [0.15, 0.2) is 0 Å². The largest absolute Gasteiger partial charge is 0.497 e. The molecule has 1 aromatic carbocycles. The summed E-state index contributed by atoms with van der Waals surface area (Å²) in [5.74, 6) is 1.97. The van der Waals surface area contributed by atoms with E-state index >= 15 is 0 Å². The van der Waals surface area contributed by atoms with E-state index in [9.17, 15) is 4.79 Å². The van der Waals surface area contributed by atoms with E-state index in [-0.39, 0.29) is 5.91 Å². The maximum atomic E-state index is 11.5. The molecule has 0 spiro atoms. The van der Waals surface area contributed by atoms with Gasteiger partial charge < -0.3 is 9.64 Å². The van der Waals surface area contributed by atoms with Crippen LogP contribution in [0.2, 0.25) is 0 Å². The molecule has 0 bridgehead atoms. The second kappa shape index (κ2) is 8.70. The number of hydrogen-bond donors (Lipinski definition) is 0. The molecule has 2 saturated heterocycles. The van der Waals surface area contributed by atoms with Crippen LogP contribution < -0.4 is 4.74 Å². The fourth-order valence-electron chi connectivity index (χ4n) is 4.37. The lowest BCUT2D eigenvalue weighted by molar-refractivity contribution is -0.130. The molecule has 1 amide bonds. The van der Waals surface area contributed by atoms with Crippen molar-refractivity contribution in [1.82, 2.24) is 9.80 Å². The topological polar surface area (TPSA) is 32.8 Å². The van der Waals surface area contributed by atoms with Gasteiger partial charge in [0.25, 0.3) is 0 Å². The summed E-state index contributed by atoms with van der Waals surface area (Å²) in [5, 5.41) is 0. The summed E-state index contributed by atoms with van der Waals surface area (Å²) in [6, 6.07) is 9.18. The summed E-state index contributed by atoms with van der Waals surface area (Å²) < 4.78 is 5.24. The first kappa shape index (κ1) is 18.2. The van der Waals surface area contributed by atoms with Crippen LogP contribution in [0.5, 0.6) is 5.75 Å². The Morgan fingerprint density at radius 2 is 1.84 bits per heavy atom. The van der Waals surface area contributed by atoms with Gasteiger partial charge in [-0.25, -0.2) is 0 Å². The Morgan fingerprint density at radius 1 is 1.12 bits per heavy atom. The normalized spacial score (nSPS) is 22.8. The van der Waals surface area contributed by atoms with E-state index in [1.165, 1.54) is 37.9 Å². The lowest BCUT2D eigenvalue weighted by Gasteiger charge is -2.42. The van der Waals surface area contributed by atoms with Crippen molar-refractivity contribution in [1.29, 1.82) is 0 Å². The van der Waals surface area contributed by atoms with Crippen LogP contribution in [-0.4, -0.2) is 55.0 Å². The molecule has 2 heterocycles. The van der Waals surface area contributed by atoms with E-state index in [4.69, 9.17) is 4.74 Å². The van der Waals surface area contributed by atoms with Crippen LogP contribution in [0.3, 0.4) is 0 Å². The van der Waals surface area contributed by atoms with Crippen molar-refractivity contribution in [3.63, 3.8) is 0 Å². The molecular formula is C21H32N2O2. The zero-order valence-corrected chi connectivity index (χ0v) is 15.7. The van der Waals surface area contributed by atoms with Gasteiger partial charge in [0.1, 0.15) is 5.75 Å². The lowest BCUT2D eigenvalue weighted by Crippen LogP contribution is -2.49. The molecule has 1 atom stereocenters. The van der Waals surface area contributed by atoms with Crippen LogP contribution in [0.1, 0.15) is 44.6 Å². The Labute approximate surface area is 152 Å². The smallest absolute Gasteiger partial charge is 0.219 e. The molecule has 2 fully saturated rings. The highest BCUT2D eigenvalue weighted by Crippen LogP contribution is 2.26. The Balaban J connectivity index is 1.45. The Kier molecular flexibility index (Phi) is 6.35. The number of methoxy groups -OCH3 is 1. The van der Waals surface area contributed by atoms with E-state index in [2.05, 4.69) is 29.2 Å². The molecule has 25 heavy (non-hydrogen) atoms. The summed E-state index contributed by atoms with van der Waals surface area (Å²) in [6.07, 6.45) is 7.40. The van der Waals surface area contributed by atoms with Gasteiger partial charge >= 0.3 is 0 Å². The molecule has 2 aliphatic heterocycles. The summed E-state index contributed by atoms with van der Waals surface area (Å²) in [7, 11) is 1.71. The number of rotatable bonds is 5. The minimum absolute atomic E-state index is 0.231. The quantitative estimate of drug-likeness (QED) is 0.821. The standard InChI is InChI=1S/C21H32N2O2/c1-17(24)22-14-11-20(12-15-22)23-13-3-4-19(16-23)6-5-18-7-9-21(25-2)10-8-18/h7-10,19-20H,3-6,11-16H2,1-2H3. The summed E-state index contributed by atoms with van der Waals surface area (Å²) in [4.78, 5) is 16.2. The molecule has 4 heteroatoms. The Morgan fingerprint density at radius 3 is 2.48 bits per heavy atom. The maximum Gasteiger partial charge on any atom is 0.219 e. The first-order valence-electron chi connectivity index (χ1n) is 9.78. The van der Waals surface area contributed by atoms with Gasteiger partial charge in [-0.05, 0) is 68.7 Å². The molecule has 0 aliphatic carbocycles. The van der Waals surface area contributed by atoms with Crippen molar-refractivity contribution in [2.75, 3.05) is 33.3 Å². The van der Waals surface area contributed by atoms with E-state index in [1.807, 2.05) is 4.90 Å². The van der Waals surface area contributed by atoms with Gasteiger partial charge in [0.05, 0.1) is 7.11 Å². The van der Waals surface area contributed by atoms with Gasteiger partial charge in [-0.3, -0.25) is 9.69 Å². The minimum atomic E-state index is 0.231. The number of ether oxygens (including phenoxy) is 1. The van der Waals surface area contributed by atoms with Gasteiger partial charge in [-0.2, -0.15) is 0 Å². The third-order valence-corrected chi connectivity index (χ3v) is 5.98. The van der Waals surface area contributed by atoms with E-state index in [1.54, 1.807) is 14.0 Å². The number of benzene rings is 1. The average molecular weight is 344 g/mol. The second-order valence-corrected chi connectivity index (χ2v) is 7.63. The lowest BCUT2D eigenvalue weighted by atomic mass is 9.89. The van der Waals surface area contributed by atoms with Crippen LogP contribution in [0.25, 0.3) is 0 Å². The van der Waals surface area contributed by atoms with E-state index in [0.29, 0.717) is 6.04 Å². The number of carbonyl (C=O) groups is 1. The number of aryl methyl sites for hydroxylation is 1. The Bertz CT molecular complexity index is 550. The van der Waals surface area contributed by atoms with Gasteiger partial charge in [0.2, 0.25) is 5.91 Å². The van der Waals surface area contributed by atoms with E-state index < -0.39 is 0 Å². The number of likely N-dealkylation sites (tertiary alicyclic amines) is 2. The first-order valence-corrected chi connectivity index (χ1v) is 9.78. The van der Waals surface area contributed by atoms with Gasteiger partial charge in [-0.1, -0.05) is 12.1 Å². The van der Waals surface area contributed by atoms with Crippen LogP contribution in [0, 0.1) is 5.92 Å². The third-order valence-electron chi connectivity index (χ3n) is 5.98. The van der Waals surface area contributed by atoms with Crippen molar-refractivity contribution in [2.45, 2.75) is 51.5 Å². The molecule has 1 aromatic rings. The number of nitrogens with zero attached hydrogens (tertiary/aromatic N) is 2. The van der Waals surface area contributed by atoms with Crippen molar-refractivity contribution < 1.29 is 9.53 Å². The molecule has 138 valence electrons. The molecule has 0 radical (unpaired) electrons. The Hall–Kier alpha value is -1.55. The van der Waals surface area contributed by atoms with Crippen LogP contribution in [0.4, 0.5) is 0 Å². The van der Waals surface area contributed by atoms with Crippen molar-refractivity contribution in [3.05, 3.63) is 29.8 Å². The van der Waals surface area contributed by atoms with Crippen molar-refractivity contribution in [3.8, 4) is 5.75 Å². The first-order chi connectivity index (χ1) is 12.2. The minimum Gasteiger partial charge on any atom is -0.497 e. The van der Waals surface area contributed by atoms with Crippen molar-refractivity contribution >= 4 is 5.91 Å². The second-order valence-electron chi connectivity index (χ2n) is 7.63. The molecule has 0 N–H and O–H groups in total. The summed E-state index contributed by atoms with van der Waals surface area (Å²) >= 11 is 0. The van der Waals surface area contributed by atoms with E-state index in [0.717, 1.165) is 44.0 Å². The zero-order valence-electron chi connectivity index (χ0n) is 15.7. The van der Waals surface area contributed by atoms with Crippen LogP contribution in [-0.2, 0) is 11.2 Å². The molecular weight excluding hydrogens is 312 g/mol. The maximum absolute atomic E-state index is 11.5. The van der Waals surface area contributed by atoms with Crippen molar-refractivity contribution in [2.24, 2.45) is 5.92 Å². The number of carbonyl (C=O) groups excluding carboxylic acids is 1. The highest BCUT2D eigenvalue weighted by Gasteiger charge is 2.29. The number of hydrogen-bond acceptors (Lipinski definition) is 3. The fraction of sp³-hybridized carbons (Fsp3) is 0.667. The highest BCUT2D eigenvalue weighted by atomic mass is 16.5. The highest BCUT2D eigenvalue weighted by molar-refractivity contribution is 5.73. The average Bonchev–Trinajstić information content (AvgIpc) is 2.67.